The van der Waals surface area contributed by atoms with Gasteiger partial charge < -0.3 is 15.4 Å². The van der Waals surface area contributed by atoms with Crippen molar-refractivity contribution in [3.05, 3.63) is 41.6 Å². The Morgan fingerprint density at radius 2 is 1.86 bits per heavy atom. The number of carbonyl (C=O) groups is 1. The van der Waals surface area contributed by atoms with Gasteiger partial charge in [-0.25, -0.2) is 4.79 Å². The maximum absolute atomic E-state index is 12.6. The first-order valence-corrected chi connectivity index (χ1v) is 9.14. The van der Waals surface area contributed by atoms with Crippen LogP contribution < -0.4 is 10.6 Å². The van der Waals surface area contributed by atoms with Gasteiger partial charge >= 0.3 is 12.3 Å². The van der Waals surface area contributed by atoms with Gasteiger partial charge in [-0.15, -0.1) is 0 Å². The molecule has 0 saturated carbocycles. The fraction of sp³-hybridized carbons (Fsp3) is 0.550. The Kier molecular flexibility index (Phi) is 6.33. The monoisotopic (exact) mass is 399 g/mol. The predicted octanol–water partition coefficient (Wildman–Crippen LogP) is 4.08. The number of hydrogen-bond donors (Lipinski definition) is 1. The maximum atomic E-state index is 12.6. The van der Waals surface area contributed by atoms with Crippen LogP contribution in [0.25, 0.3) is 0 Å². The van der Waals surface area contributed by atoms with Crippen molar-refractivity contribution in [2.75, 3.05) is 18.5 Å². The lowest BCUT2D eigenvalue weighted by molar-refractivity contribution is -0.147. The first kappa shape index (κ1) is 22.1. The molecule has 1 saturated heterocycles. The largest absolute Gasteiger partial charge is 0.443 e. The van der Waals surface area contributed by atoms with Crippen LogP contribution in [-0.4, -0.2) is 48.4 Å². The number of hydrogen-bond acceptors (Lipinski definition) is 4. The standard InChI is InChI=1S/C20H28F3N3O2/c1-6-15-16(26(15)18(27)28-19(2,3)4)12-25(5)14-9-7-13(8-10-14)11-17(24)20(21,22)23/h6-10,16-17H,11-12,24H2,1-5H3/b15-6+/t16?,17-,26?/m0/s1. The van der Waals surface area contributed by atoms with Gasteiger partial charge in [-0.05, 0) is 51.8 Å². The molecular weight excluding hydrogens is 371 g/mol. The molecule has 28 heavy (non-hydrogen) atoms. The lowest BCUT2D eigenvalue weighted by Gasteiger charge is -2.21. The topological polar surface area (TPSA) is 58.6 Å². The molecule has 0 aromatic heterocycles. The molecule has 1 amide bonds. The molecule has 1 aliphatic heterocycles. The van der Waals surface area contributed by atoms with Crippen LogP contribution in [0, 0.1) is 0 Å². The van der Waals surface area contributed by atoms with Gasteiger partial charge in [0.25, 0.3) is 0 Å². The number of rotatable bonds is 5. The molecule has 8 heteroatoms. The van der Waals surface area contributed by atoms with E-state index in [1.54, 1.807) is 29.2 Å². The summed E-state index contributed by atoms with van der Waals surface area (Å²) in [6, 6.07) is 4.85. The van der Waals surface area contributed by atoms with Crippen LogP contribution in [-0.2, 0) is 11.2 Å². The average molecular weight is 399 g/mol. The molecule has 0 aliphatic carbocycles. The van der Waals surface area contributed by atoms with Crippen molar-refractivity contribution < 1.29 is 22.7 Å². The number of halogens is 3. The van der Waals surface area contributed by atoms with E-state index in [0.29, 0.717) is 12.1 Å². The maximum Gasteiger partial charge on any atom is 0.415 e. The molecular formula is C20H28F3N3O2. The second-order valence-corrected chi connectivity index (χ2v) is 7.98. The minimum absolute atomic E-state index is 0.0804. The zero-order valence-electron chi connectivity index (χ0n) is 16.9. The summed E-state index contributed by atoms with van der Waals surface area (Å²) in [6.07, 6.45) is -3.17. The van der Waals surface area contributed by atoms with Crippen LogP contribution in [0.1, 0.15) is 33.3 Å². The van der Waals surface area contributed by atoms with Crippen molar-refractivity contribution in [1.82, 2.24) is 4.90 Å². The molecule has 1 heterocycles. The summed E-state index contributed by atoms with van der Waals surface area (Å²) in [5, 5.41) is 0. The quantitative estimate of drug-likeness (QED) is 0.758. The zero-order valence-corrected chi connectivity index (χ0v) is 16.9. The van der Waals surface area contributed by atoms with Gasteiger partial charge in [0.15, 0.2) is 0 Å². The van der Waals surface area contributed by atoms with E-state index in [4.69, 9.17) is 10.5 Å². The van der Waals surface area contributed by atoms with E-state index in [0.717, 1.165) is 11.4 Å². The first-order chi connectivity index (χ1) is 12.8. The second-order valence-electron chi connectivity index (χ2n) is 7.98. The third kappa shape index (κ3) is 5.64. The predicted molar refractivity (Wildman–Crippen MR) is 103 cm³/mol. The number of likely N-dealkylation sites (N-methyl/N-ethyl adjacent to an activating group) is 1. The molecule has 0 bridgehead atoms. The van der Waals surface area contributed by atoms with E-state index in [-0.39, 0.29) is 18.6 Å². The number of ether oxygens (including phenoxy) is 1. The van der Waals surface area contributed by atoms with Gasteiger partial charge in [0.1, 0.15) is 11.6 Å². The van der Waals surface area contributed by atoms with Gasteiger partial charge in [-0.3, -0.25) is 4.90 Å². The lowest BCUT2D eigenvalue weighted by Crippen LogP contribution is -2.39. The number of allylic oxidation sites excluding steroid dienone is 1. The molecule has 1 unspecified atom stereocenters. The van der Waals surface area contributed by atoms with E-state index < -0.39 is 17.8 Å². The summed E-state index contributed by atoms with van der Waals surface area (Å²) < 4.78 is 43.2. The third-order valence-electron chi connectivity index (χ3n) is 4.45. The van der Waals surface area contributed by atoms with Gasteiger partial charge in [0.05, 0.1) is 6.04 Å². The lowest BCUT2D eigenvalue weighted by atomic mass is 10.1. The van der Waals surface area contributed by atoms with Crippen LogP contribution >= 0.6 is 0 Å². The molecule has 1 aliphatic rings. The van der Waals surface area contributed by atoms with Crippen LogP contribution in [0.15, 0.2) is 36.0 Å². The summed E-state index contributed by atoms with van der Waals surface area (Å²) >= 11 is 0. The molecule has 2 rings (SSSR count). The van der Waals surface area contributed by atoms with Crippen molar-refractivity contribution >= 4 is 11.8 Å². The Balaban J connectivity index is 1.97. The summed E-state index contributed by atoms with van der Waals surface area (Å²) in [5.74, 6) is 0. The Labute approximate surface area is 163 Å². The van der Waals surface area contributed by atoms with Crippen molar-refractivity contribution in [2.45, 2.75) is 58.0 Å². The van der Waals surface area contributed by atoms with Crippen molar-refractivity contribution in [1.29, 1.82) is 0 Å². The number of nitrogens with zero attached hydrogens (tertiary/aromatic N) is 2. The van der Waals surface area contributed by atoms with Crippen molar-refractivity contribution in [2.24, 2.45) is 5.73 Å². The Morgan fingerprint density at radius 3 is 2.32 bits per heavy atom. The molecule has 1 aromatic rings. The average Bonchev–Trinajstić information content (AvgIpc) is 3.25. The van der Waals surface area contributed by atoms with Crippen LogP contribution in [0.2, 0.25) is 0 Å². The van der Waals surface area contributed by atoms with E-state index in [1.807, 2.05) is 45.7 Å². The van der Waals surface area contributed by atoms with Crippen LogP contribution in [0.5, 0.6) is 0 Å². The van der Waals surface area contributed by atoms with E-state index in [9.17, 15) is 18.0 Å². The molecule has 156 valence electrons. The highest BCUT2D eigenvalue weighted by Crippen LogP contribution is 2.36. The minimum Gasteiger partial charge on any atom is -0.443 e. The molecule has 1 aromatic carbocycles. The molecule has 0 radical (unpaired) electrons. The third-order valence-corrected chi connectivity index (χ3v) is 4.45. The SMILES string of the molecule is C/C=C1\C(CN(C)c2ccc(C[C@H](N)C(F)(F)F)cc2)N1C(=O)OC(C)(C)C. The number of alkyl halides is 3. The van der Waals surface area contributed by atoms with Gasteiger partial charge in [0, 0.05) is 25.0 Å². The fourth-order valence-corrected chi connectivity index (χ4v) is 2.93. The number of nitrogens with two attached hydrogens (primary N) is 1. The molecule has 1 fully saturated rings. The van der Waals surface area contributed by atoms with Gasteiger partial charge in [-0.2, -0.15) is 13.2 Å². The second kappa shape index (κ2) is 8.03. The van der Waals surface area contributed by atoms with Crippen molar-refractivity contribution in [3.8, 4) is 0 Å². The molecule has 5 nitrogen and oxygen atoms in total. The Hall–Kier alpha value is -2.22. The number of anilines is 1. The summed E-state index contributed by atoms with van der Waals surface area (Å²) in [7, 11) is 1.87. The smallest absolute Gasteiger partial charge is 0.415 e. The first-order valence-electron chi connectivity index (χ1n) is 9.14. The summed E-state index contributed by atoms with van der Waals surface area (Å²) in [4.78, 5) is 15.8. The number of amides is 1. The van der Waals surface area contributed by atoms with Gasteiger partial charge in [0.2, 0.25) is 0 Å². The van der Waals surface area contributed by atoms with E-state index in [1.165, 1.54) is 0 Å². The molecule has 2 atom stereocenters. The van der Waals surface area contributed by atoms with Crippen LogP contribution in [0.3, 0.4) is 0 Å². The normalized spacial score (nSPS) is 19.5. The summed E-state index contributed by atoms with van der Waals surface area (Å²) in [6.45, 7) is 7.87. The van der Waals surface area contributed by atoms with Crippen molar-refractivity contribution in [3.63, 3.8) is 0 Å². The van der Waals surface area contributed by atoms with Gasteiger partial charge in [-0.1, -0.05) is 18.2 Å². The fourth-order valence-electron chi connectivity index (χ4n) is 2.93. The minimum atomic E-state index is -4.41. The summed E-state index contributed by atoms with van der Waals surface area (Å²) in [5.41, 5.74) is 6.88. The molecule has 2 N–H and O–H groups in total. The Morgan fingerprint density at radius 1 is 1.29 bits per heavy atom. The van der Waals surface area contributed by atoms with E-state index in [2.05, 4.69) is 0 Å². The number of carbonyl (C=O) groups excluding carboxylic acids is 1. The van der Waals surface area contributed by atoms with E-state index >= 15 is 0 Å². The highest BCUT2D eigenvalue weighted by molar-refractivity contribution is 5.77. The number of benzene rings is 1. The van der Waals surface area contributed by atoms with Crippen LogP contribution in [0.4, 0.5) is 23.7 Å². The zero-order chi connectivity index (χ0) is 21.3. The molecule has 0 spiro atoms. The Bertz CT molecular complexity index is 724. The highest BCUT2D eigenvalue weighted by atomic mass is 19.4. The highest BCUT2D eigenvalue weighted by Gasteiger charge is 2.47.